The molecule has 0 aliphatic carbocycles. The Hall–Kier alpha value is -1.86. The minimum absolute atomic E-state index is 0.427. The summed E-state index contributed by atoms with van der Waals surface area (Å²) in [6.45, 7) is -0.0646. The maximum Gasteiger partial charge on any atom is 0.422 e. The molecule has 1 unspecified atom stereocenters. The third kappa shape index (κ3) is 5.14. The Morgan fingerprint density at radius 3 is 2.76 bits per heavy atom. The Kier molecular flexibility index (Phi) is 4.24. The van der Waals surface area contributed by atoms with Gasteiger partial charge in [-0.15, -0.1) is 0 Å². The smallest absolute Gasteiger partial charge is 0.422 e. The molecule has 0 saturated carbocycles. The molecule has 8 heteroatoms. The molecule has 94 valence electrons. The molecule has 0 radical (unpaired) electrons. The second-order valence-corrected chi connectivity index (χ2v) is 3.19. The summed E-state index contributed by atoms with van der Waals surface area (Å²) in [5.74, 6) is 0. The highest BCUT2D eigenvalue weighted by atomic mass is 19.4. The Bertz CT molecular complexity index is 369. The SMILES string of the molecule is CC(NC(=O)OCC(F)(F)F)c1cnccn1. The number of halogens is 3. The van der Waals surface area contributed by atoms with Crippen LogP contribution in [0.15, 0.2) is 18.6 Å². The second kappa shape index (κ2) is 5.46. The fraction of sp³-hybridized carbons (Fsp3) is 0.444. The number of rotatable bonds is 3. The third-order valence-corrected chi connectivity index (χ3v) is 1.73. The minimum atomic E-state index is -4.53. The van der Waals surface area contributed by atoms with Gasteiger partial charge in [-0.2, -0.15) is 13.2 Å². The monoisotopic (exact) mass is 249 g/mol. The number of hydrogen-bond donors (Lipinski definition) is 1. The van der Waals surface area contributed by atoms with Gasteiger partial charge < -0.3 is 10.1 Å². The summed E-state index contributed by atoms with van der Waals surface area (Å²) in [6.07, 6.45) is -1.44. The van der Waals surface area contributed by atoms with Gasteiger partial charge in [-0.1, -0.05) is 0 Å². The summed E-state index contributed by atoms with van der Waals surface area (Å²) >= 11 is 0. The lowest BCUT2D eigenvalue weighted by Crippen LogP contribution is -2.31. The molecular weight excluding hydrogens is 239 g/mol. The molecule has 1 heterocycles. The summed E-state index contributed by atoms with van der Waals surface area (Å²) in [5.41, 5.74) is 0.427. The third-order valence-electron chi connectivity index (χ3n) is 1.73. The number of hydrogen-bond acceptors (Lipinski definition) is 4. The molecule has 0 spiro atoms. The van der Waals surface area contributed by atoms with E-state index >= 15 is 0 Å². The van der Waals surface area contributed by atoms with E-state index in [1.54, 1.807) is 6.92 Å². The number of amides is 1. The molecule has 1 rings (SSSR count). The van der Waals surface area contributed by atoms with Gasteiger partial charge in [0, 0.05) is 12.4 Å². The van der Waals surface area contributed by atoms with Crippen molar-refractivity contribution in [3.63, 3.8) is 0 Å². The average Bonchev–Trinajstić information content (AvgIpc) is 2.27. The zero-order valence-corrected chi connectivity index (χ0v) is 8.86. The number of carbonyl (C=O) groups excluding carboxylic acids is 1. The van der Waals surface area contributed by atoms with Crippen LogP contribution in [0, 0.1) is 0 Å². The summed E-state index contributed by atoms with van der Waals surface area (Å²) in [7, 11) is 0. The van der Waals surface area contributed by atoms with Crippen LogP contribution in [0.25, 0.3) is 0 Å². The first kappa shape index (κ1) is 13.2. The van der Waals surface area contributed by atoms with E-state index < -0.39 is 24.9 Å². The molecule has 1 aromatic heterocycles. The number of alkyl halides is 3. The van der Waals surface area contributed by atoms with Crippen LogP contribution in [0.5, 0.6) is 0 Å². The molecule has 1 atom stereocenters. The molecule has 0 fully saturated rings. The highest BCUT2D eigenvalue weighted by molar-refractivity contribution is 5.67. The lowest BCUT2D eigenvalue weighted by molar-refractivity contribution is -0.160. The minimum Gasteiger partial charge on any atom is -0.440 e. The van der Waals surface area contributed by atoms with Gasteiger partial charge in [0.1, 0.15) is 0 Å². The first-order valence-electron chi connectivity index (χ1n) is 4.64. The number of ether oxygens (including phenoxy) is 1. The Morgan fingerprint density at radius 2 is 2.24 bits per heavy atom. The summed E-state index contributed by atoms with van der Waals surface area (Å²) in [4.78, 5) is 18.6. The van der Waals surface area contributed by atoms with Crippen LogP contribution in [0.2, 0.25) is 0 Å². The van der Waals surface area contributed by atoms with Crippen LogP contribution in [0.4, 0.5) is 18.0 Å². The lowest BCUT2D eigenvalue weighted by Gasteiger charge is -2.13. The van der Waals surface area contributed by atoms with Crippen molar-refractivity contribution in [3.8, 4) is 0 Å². The first-order valence-corrected chi connectivity index (χ1v) is 4.64. The zero-order chi connectivity index (χ0) is 12.9. The molecule has 0 bridgehead atoms. The summed E-state index contributed by atoms with van der Waals surface area (Å²) in [6, 6.07) is -0.579. The number of nitrogens with one attached hydrogen (secondary N) is 1. The molecule has 1 N–H and O–H groups in total. The van der Waals surface area contributed by atoms with Crippen molar-refractivity contribution in [1.82, 2.24) is 15.3 Å². The molecule has 0 aliphatic heterocycles. The predicted molar refractivity (Wildman–Crippen MR) is 51.0 cm³/mol. The van der Waals surface area contributed by atoms with Crippen molar-refractivity contribution in [3.05, 3.63) is 24.3 Å². The van der Waals surface area contributed by atoms with Crippen molar-refractivity contribution in [2.24, 2.45) is 0 Å². The van der Waals surface area contributed by atoms with E-state index in [0.717, 1.165) is 0 Å². The number of aromatic nitrogens is 2. The second-order valence-electron chi connectivity index (χ2n) is 3.19. The van der Waals surface area contributed by atoms with Crippen LogP contribution >= 0.6 is 0 Å². The highest BCUT2D eigenvalue weighted by Gasteiger charge is 2.29. The number of nitrogens with zero attached hydrogens (tertiary/aromatic N) is 2. The fourth-order valence-corrected chi connectivity index (χ4v) is 0.974. The maximum atomic E-state index is 11.7. The van der Waals surface area contributed by atoms with E-state index in [1.165, 1.54) is 18.6 Å². The molecule has 1 amide bonds. The van der Waals surface area contributed by atoms with Crippen LogP contribution in [0.3, 0.4) is 0 Å². The van der Waals surface area contributed by atoms with Gasteiger partial charge in [-0.25, -0.2) is 4.79 Å². The molecule has 5 nitrogen and oxygen atoms in total. The largest absolute Gasteiger partial charge is 0.440 e. The van der Waals surface area contributed by atoms with Gasteiger partial charge in [0.2, 0.25) is 0 Å². The quantitative estimate of drug-likeness (QED) is 0.887. The zero-order valence-electron chi connectivity index (χ0n) is 8.86. The van der Waals surface area contributed by atoms with Gasteiger partial charge in [0.25, 0.3) is 0 Å². The van der Waals surface area contributed by atoms with E-state index in [4.69, 9.17) is 0 Å². The topological polar surface area (TPSA) is 64.1 Å². The van der Waals surface area contributed by atoms with Crippen LogP contribution < -0.4 is 5.32 Å². The van der Waals surface area contributed by atoms with E-state index in [1.807, 2.05) is 0 Å². The summed E-state index contributed by atoms with van der Waals surface area (Å²) in [5, 5.41) is 2.21. The first-order chi connectivity index (χ1) is 7.88. The van der Waals surface area contributed by atoms with Gasteiger partial charge in [-0.3, -0.25) is 9.97 Å². The van der Waals surface area contributed by atoms with E-state index in [2.05, 4.69) is 20.0 Å². The van der Waals surface area contributed by atoms with Crippen molar-refractivity contribution < 1.29 is 22.7 Å². The molecule has 17 heavy (non-hydrogen) atoms. The van der Waals surface area contributed by atoms with E-state index in [-0.39, 0.29) is 0 Å². The van der Waals surface area contributed by atoms with Crippen molar-refractivity contribution in [2.45, 2.75) is 19.1 Å². The van der Waals surface area contributed by atoms with Gasteiger partial charge in [0.15, 0.2) is 6.61 Å². The Balaban J connectivity index is 2.42. The van der Waals surface area contributed by atoms with Gasteiger partial charge in [0.05, 0.1) is 17.9 Å². The van der Waals surface area contributed by atoms with Gasteiger partial charge in [-0.05, 0) is 6.92 Å². The van der Waals surface area contributed by atoms with Crippen molar-refractivity contribution >= 4 is 6.09 Å². The lowest BCUT2D eigenvalue weighted by atomic mass is 10.2. The van der Waals surface area contributed by atoms with Crippen LogP contribution in [-0.4, -0.2) is 28.8 Å². The molecular formula is C9H10F3N3O2. The Labute approximate surface area is 95.0 Å². The average molecular weight is 249 g/mol. The number of alkyl carbamates (subject to hydrolysis) is 1. The molecule has 0 aliphatic rings. The molecule has 1 aromatic rings. The molecule has 0 aromatic carbocycles. The Morgan fingerprint density at radius 1 is 1.53 bits per heavy atom. The fourth-order valence-electron chi connectivity index (χ4n) is 0.974. The standard InChI is InChI=1S/C9H10F3N3O2/c1-6(7-4-13-2-3-14-7)15-8(16)17-5-9(10,11)12/h2-4,6H,5H2,1H3,(H,15,16). The molecule has 0 saturated heterocycles. The predicted octanol–water partition coefficient (Wildman–Crippen LogP) is 1.83. The summed E-state index contributed by atoms with van der Waals surface area (Å²) < 4.78 is 39.2. The van der Waals surface area contributed by atoms with Gasteiger partial charge >= 0.3 is 12.3 Å². The van der Waals surface area contributed by atoms with Crippen molar-refractivity contribution in [2.75, 3.05) is 6.61 Å². The highest BCUT2D eigenvalue weighted by Crippen LogP contribution is 2.15. The normalized spacial score (nSPS) is 12.9. The maximum absolute atomic E-state index is 11.7. The van der Waals surface area contributed by atoms with E-state index in [9.17, 15) is 18.0 Å². The van der Waals surface area contributed by atoms with Crippen molar-refractivity contribution in [1.29, 1.82) is 0 Å². The van der Waals surface area contributed by atoms with Crippen LogP contribution in [-0.2, 0) is 4.74 Å². The van der Waals surface area contributed by atoms with E-state index in [0.29, 0.717) is 5.69 Å². The number of carbonyl (C=O) groups is 1. The van der Waals surface area contributed by atoms with Crippen LogP contribution in [0.1, 0.15) is 18.7 Å².